The van der Waals surface area contributed by atoms with Crippen LogP contribution in [0.25, 0.3) is 11.5 Å². The Hall–Kier alpha value is -3.13. The molecular weight excluding hydrogens is 348 g/mol. The molecule has 0 aliphatic rings. The predicted octanol–water partition coefficient (Wildman–Crippen LogP) is 3.23. The highest BCUT2D eigenvalue weighted by Gasteiger charge is 2.15. The quantitative estimate of drug-likeness (QED) is 0.642. The summed E-state index contributed by atoms with van der Waals surface area (Å²) in [6, 6.07) is 6.59. The SMILES string of the molecule is CCc1[nH]c(C(=O)Nc2ccc(-c3nc(C(=O)O)co3)cc2)nc1Cl. The lowest BCUT2D eigenvalue weighted by atomic mass is 10.2. The normalized spacial score (nSPS) is 10.6. The summed E-state index contributed by atoms with van der Waals surface area (Å²) in [6.45, 7) is 1.90. The van der Waals surface area contributed by atoms with Gasteiger partial charge in [0, 0.05) is 11.3 Å². The van der Waals surface area contributed by atoms with Crippen LogP contribution in [0, 0.1) is 0 Å². The van der Waals surface area contributed by atoms with E-state index >= 15 is 0 Å². The highest BCUT2D eigenvalue weighted by atomic mass is 35.5. The number of carbonyl (C=O) groups excluding carboxylic acids is 1. The first-order valence-electron chi connectivity index (χ1n) is 7.33. The molecule has 0 aliphatic carbocycles. The van der Waals surface area contributed by atoms with Crippen molar-refractivity contribution >= 4 is 29.2 Å². The fourth-order valence-corrected chi connectivity index (χ4v) is 2.39. The Morgan fingerprint density at radius 3 is 2.56 bits per heavy atom. The molecule has 3 rings (SSSR count). The zero-order valence-electron chi connectivity index (χ0n) is 13.0. The average molecular weight is 361 g/mol. The lowest BCUT2D eigenvalue weighted by Crippen LogP contribution is -2.13. The Labute approximate surface area is 146 Å². The first-order valence-corrected chi connectivity index (χ1v) is 7.70. The molecule has 1 aromatic carbocycles. The molecule has 2 heterocycles. The largest absolute Gasteiger partial charge is 0.476 e. The molecule has 25 heavy (non-hydrogen) atoms. The molecular formula is C16H13ClN4O4. The second kappa shape index (κ2) is 6.78. The summed E-state index contributed by atoms with van der Waals surface area (Å²) in [4.78, 5) is 33.7. The Balaban J connectivity index is 1.73. The van der Waals surface area contributed by atoms with Gasteiger partial charge in [-0.2, -0.15) is 0 Å². The summed E-state index contributed by atoms with van der Waals surface area (Å²) in [5.41, 5.74) is 1.64. The summed E-state index contributed by atoms with van der Waals surface area (Å²) in [5, 5.41) is 11.8. The number of anilines is 1. The number of hydrogen-bond acceptors (Lipinski definition) is 5. The van der Waals surface area contributed by atoms with E-state index in [2.05, 4.69) is 20.3 Å². The van der Waals surface area contributed by atoms with Gasteiger partial charge in [0.25, 0.3) is 5.91 Å². The summed E-state index contributed by atoms with van der Waals surface area (Å²) in [7, 11) is 0. The number of nitrogens with one attached hydrogen (secondary N) is 2. The zero-order chi connectivity index (χ0) is 18.0. The van der Waals surface area contributed by atoms with E-state index in [0.29, 0.717) is 23.4 Å². The monoisotopic (exact) mass is 360 g/mol. The molecule has 0 unspecified atom stereocenters. The number of imidazole rings is 1. The third-order valence-corrected chi connectivity index (χ3v) is 3.72. The van der Waals surface area contributed by atoms with Crippen LogP contribution in [0.5, 0.6) is 0 Å². The van der Waals surface area contributed by atoms with Crippen molar-refractivity contribution in [3.8, 4) is 11.5 Å². The third-order valence-electron chi connectivity index (χ3n) is 3.41. The van der Waals surface area contributed by atoms with E-state index in [0.717, 1.165) is 6.26 Å². The number of aromatic carboxylic acids is 1. The first-order chi connectivity index (χ1) is 12.0. The molecule has 0 saturated carbocycles. The van der Waals surface area contributed by atoms with Crippen LogP contribution in [0.4, 0.5) is 5.69 Å². The number of carboxylic acids is 1. The molecule has 0 saturated heterocycles. The molecule has 2 aromatic heterocycles. The van der Waals surface area contributed by atoms with Crippen molar-refractivity contribution in [1.82, 2.24) is 15.0 Å². The minimum atomic E-state index is -1.16. The molecule has 8 nitrogen and oxygen atoms in total. The summed E-state index contributed by atoms with van der Waals surface area (Å²) in [5.74, 6) is -1.27. The molecule has 0 bridgehead atoms. The van der Waals surface area contributed by atoms with Gasteiger partial charge >= 0.3 is 5.97 Å². The number of halogens is 1. The number of carbonyl (C=O) groups is 2. The number of H-pyrrole nitrogens is 1. The highest BCUT2D eigenvalue weighted by molar-refractivity contribution is 6.30. The van der Waals surface area contributed by atoms with Crippen LogP contribution in [0.1, 0.15) is 33.7 Å². The maximum atomic E-state index is 12.2. The van der Waals surface area contributed by atoms with Crippen LogP contribution in [0.3, 0.4) is 0 Å². The Morgan fingerprint density at radius 2 is 2.00 bits per heavy atom. The van der Waals surface area contributed by atoms with Crippen molar-refractivity contribution < 1.29 is 19.1 Å². The number of aromatic amines is 1. The third kappa shape index (κ3) is 3.53. The molecule has 3 aromatic rings. The van der Waals surface area contributed by atoms with Gasteiger partial charge in [0.05, 0.1) is 5.69 Å². The zero-order valence-corrected chi connectivity index (χ0v) is 13.8. The summed E-state index contributed by atoms with van der Waals surface area (Å²) >= 11 is 5.92. The minimum Gasteiger partial charge on any atom is -0.476 e. The van der Waals surface area contributed by atoms with E-state index in [4.69, 9.17) is 21.1 Å². The lowest BCUT2D eigenvalue weighted by molar-refractivity contribution is 0.0690. The number of aryl methyl sites for hydroxylation is 1. The van der Waals surface area contributed by atoms with E-state index < -0.39 is 11.9 Å². The smallest absolute Gasteiger partial charge is 0.357 e. The van der Waals surface area contributed by atoms with Crippen LogP contribution in [-0.2, 0) is 6.42 Å². The maximum Gasteiger partial charge on any atom is 0.357 e. The molecule has 0 atom stereocenters. The van der Waals surface area contributed by atoms with Gasteiger partial charge in [0.1, 0.15) is 6.26 Å². The van der Waals surface area contributed by atoms with Gasteiger partial charge in [-0.05, 0) is 30.7 Å². The van der Waals surface area contributed by atoms with Crippen LogP contribution in [0.2, 0.25) is 5.15 Å². The molecule has 3 N–H and O–H groups in total. The number of hydrogen-bond donors (Lipinski definition) is 3. The Bertz CT molecular complexity index is 930. The number of aromatic nitrogens is 3. The fourth-order valence-electron chi connectivity index (χ4n) is 2.12. The second-order valence-corrected chi connectivity index (χ2v) is 5.44. The van der Waals surface area contributed by atoms with Gasteiger partial charge in [0.2, 0.25) is 5.89 Å². The lowest BCUT2D eigenvalue weighted by Gasteiger charge is -2.03. The molecule has 9 heteroatoms. The van der Waals surface area contributed by atoms with Crippen molar-refractivity contribution in [2.45, 2.75) is 13.3 Å². The van der Waals surface area contributed by atoms with Crippen LogP contribution < -0.4 is 5.32 Å². The minimum absolute atomic E-state index is 0.129. The molecule has 128 valence electrons. The van der Waals surface area contributed by atoms with E-state index in [1.165, 1.54) is 0 Å². The van der Waals surface area contributed by atoms with Gasteiger partial charge < -0.3 is 19.8 Å². The second-order valence-electron chi connectivity index (χ2n) is 5.08. The number of rotatable bonds is 5. The van der Waals surface area contributed by atoms with E-state index in [-0.39, 0.29) is 22.6 Å². The van der Waals surface area contributed by atoms with Gasteiger partial charge in [-0.3, -0.25) is 4.79 Å². The Kier molecular flexibility index (Phi) is 4.53. The van der Waals surface area contributed by atoms with Crippen molar-refractivity contribution in [3.05, 3.63) is 52.9 Å². The van der Waals surface area contributed by atoms with Crippen LogP contribution in [0.15, 0.2) is 34.9 Å². The van der Waals surface area contributed by atoms with Crippen molar-refractivity contribution in [3.63, 3.8) is 0 Å². The van der Waals surface area contributed by atoms with E-state index in [9.17, 15) is 9.59 Å². The first kappa shape index (κ1) is 16.7. The molecule has 0 radical (unpaired) electrons. The highest BCUT2D eigenvalue weighted by Crippen LogP contribution is 2.21. The summed E-state index contributed by atoms with van der Waals surface area (Å²) in [6.07, 6.45) is 1.71. The number of carboxylic acid groups (broad SMARTS) is 1. The molecule has 1 amide bonds. The number of nitrogens with zero attached hydrogens (tertiary/aromatic N) is 2. The van der Waals surface area contributed by atoms with Crippen molar-refractivity contribution in [2.24, 2.45) is 0 Å². The number of oxazole rings is 1. The predicted molar refractivity (Wildman–Crippen MR) is 89.8 cm³/mol. The average Bonchev–Trinajstić information content (AvgIpc) is 3.22. The van der Waals surface area contributed by atoms with Gasteiger partial charge in [0.15, 0.2) is 16.7 Å². The number of amides is 1. The van der Waals surface area contributed by atoms with Crippen LogP contribution >= 0.6 is 11.6 Å². The molecule has 0 fully saturated rings. The molecule has 0 spiro atoms. The fraction of sp³-hybridized carbons (Fsp3) is 0.125. The van der Waals surface area contributed by atoms with Crippen molar-refractivity contribution in [1.29, 1.82) is 0 Å². The van der Waals surface area contributed by atoms with Crippen molar-refractivity contribution in [2.75, 3.05) is 5.32 Å². The topological polar surface area (TPSA) is 121 Å². The van der Waals surface area contributed by atoms with E-state index in [1.807, 2.05) is 6.92 Å². The maximum absolute atomic E-state index is 12.2. The summed E-state index contributed by atoms with van der Waals surface area (Å²) < 4.78 is 5.12. The number of benzene rings is 1. The Morgan fingerprint density at radius 1 is 1.28 bits per heavy atom. The molecule has 0 aliphatic heterocycles. The van der Waals surface area contributed by atoms with Gasteiger partial charge in [-0.1, -0.05) is 18.5 Å². The van der Waals surface area contributed by atoms with Gasteiger partial charge in [-0.25, -0.2) is 14.8 Å². The van der Waals surface area contributed by atoms with E-state index in [1.54, 1.807) is 24.3 Å². The van der Waals surface area contributed by atoms with Crippen LogP contribution in [-0.4, -0.2) is 31.9 Å². The van der Waals surface area contributed by atoms with Gasteiger partial charge in [-0.15, -0.1) is 0 Å². The standard InChI is InChI=1S/C16H13ClN4O4/c1-2-10-12(17)21-13(19-10)14(22)18-9-5-3-8(4-6-9)15-20-11(7-25-15)16(23)24/h3-7H,2H2,1H3,(H,18,22)(H,19,21)(H,23,24).